The Morgan fingerprint density at radius 1 is 1.75 bits per heavy atom. The third kappa shape index (κ3) is 5.22. The van der Waals surface area contributed by atoms with Gasteiger partial charge in [-0.2, -0.15) is 0 Å². The predicted molar refractivity (Wildman–Crippen MR) is 49.4 cm³/mol. The van der Waals surface area contributed by atoms with Gasteiger partial charge in [-0.1, -0.05) is 13.5 Å². The fourth-order valence-corrected chi connectivity index (χ4v) is 0.482. The maximum Gasteiger partial charge on any atom is 0.224 e. The Balaban J connectivity index is 3.81. The number of rotatable bonds is 4. The van der Waals surface area contributed by atoms with Gasteiger partial charge < -0.3 is 11.1 Å². The number of nitrogens with two attached hydrogens (primary N) is 1. The van der Waals surface area contributed by atoms with E-state index in [-0.39, 0.29) is 5.91 Å². The van der Waals surface area contributed by atoms with Gasteiger partial charge >= 0.3 is 0 Å². The monoisotopic (exact) mass is 167 g/mol. The molecule has 0 spiro atoms. The molecular formula is C8H13N3O. The average molecular weight is 167 g/mol. The zero-order valence-corrected chi connectivity index (χ0v) is 7.08. The lowest BCUT2D eigenvalue weighted by molar-refractivity contribution is -0.119. The molecule has 0 aliphatic rings. The van der Waals surface area contributed by atoms with Gasteiger partial charge in [-0.3, -0.25) is 9.79 Å². The molecule has 0 atom stereocenters. The van der Waals surface area contributed by atoms with Crippen molar-refractivity contribution in [3.05, 3.63) is 24.7 Å². The van der Waals surface area contributed by atoms with Crippen LogP contribution in [0, 0.1) is 0 Å². The Kier molecular flexibility index (Phi) is 5.34. The summed E-state index contributed by atoms with van der Waals surface area (Å²) in [5, 5.41) is 2.53. The van der Waals surface area contributed by atoms with E-state index >= 15 is 0 Å². The zero-order chi connectivity index (χ0) is 9.40. The summed E-state index contributed by atoms with van der Waals surface area (Å²) >= 11 is 0. The lowest BCUT2D eigenvalue weighted by Gasteiger charge is -1.99. The van der Waals surface area contributed by atoms with Gasteiger partial charge in [-0.25, -0.2) is 0 Å². The van der Waals surface area contributed by atoms with Crippen LogP contribution in [0.1, 0.15) is 13.3 Å². The summed E-state index contributed by atoms with van der Waals surface area (Å²) in [6.45, 7) is 5.32. The highest BCUT2D eigenvalue weighted by Crippen LogP contribution is 1.82. The van der Waals surface area contributed by atoms with Crippen LogP contribution >= 0.6 is 0 Å². The van der Waals surface area contributed by atoms with Crippen LogP contribution in [0.15, 0.2) is 29.7 Å². The molecule has 0 radical (unpaired) electrons. The topological polar surface area (TPSA) is 67.5 Å². The van der Waals surface area contributed by atoms with Crippen LogP contribution in [0.3, 0.4) is 0 Å². The second-order valence-electron chi connectivity index (χ2n) is 2.05. The van der Waals surface area contributed by atoms with Crippen molar-refractivity contribution in [1.29, 1.82) is 0 Å². The third-order valence-electron chi connectivity index (χ3n) is 1.02. The molecule has 0 saturated heterocycles. The van der Waals surface area contributed by atoms with E-state index in [9.17, 15) is 4.79 Å². The summed E-state index contributed by atoms with van der Waals surface area (Å²) in [5.74, 6) is -0.0804. The second kappa shape index (κ2) is 6.15. The first-order chi connectivity index (χ1) is 5.70. The lowest BCUT2D eigenvalue weighted by Crippen LogP contribution is -2.21. The molecule has 4 heteroatoms. The molecule has 0 rings (SSSR count). The Labute approximate surface area is 71.9 Å². The van der Waals surface area contributed by atoms with Gasteiger partial charge in [-0.05, 0) is 0 Å². The molecule has 0 bridgehead atoms. The third-order valence-corrected chi connectivity index (χ3v) is 1.02. The molecule has 0 aromatic heterocycles. The number of aliphatic imine (C=N–C) groups is 1. The fourth-order valence-electron chi connectivity index (χ4n) is 0.482. The largest absolute Gasteiger partial charge is 0.403 e. The van der Waals surface area contributed by atoms with Crippen LogP contribution in [0.25, 0.3) is 0 Å². The average Bonchev–Trinajstić information content (AvgIpc) is 2.05. The minimum Gasteiger partial charge on any atom is -0.403 e. The molecule has 0 heterocycles. The highest BCUT2D eigenvalue weighted by atomic mass is 16.1. The van der Waals surface area contributed by atoms with E-state index < -0.39 is 0 Å². The van der Waals surface area contributed by atoms with Gasteiger partial charge in [0.15, 0.2) is 0 Å². The van der Waals surface area contributed by atoms with E-state index in [1.165, 1.54) is 18.6 Å². The molecule has 12 heavy (non-hydrogen) atoms. The quantitative estimate of drug-likeness (QED) is 0.599. The summed E-state index contributed by atoms with van der Waals surface area (Å²) in [4.78, 5) is 14.5. The van der Waals surface area contributed by atoms with Gasteiger partial charge in [0.2, 0.25) is 5.91 Å². The molecule has 0 aromatic rings. The summed E-state index contributed by atoms with van der Waals surface area (Å²) in [5.41, 5.74) is 5.49. The Morgan fingerprint density at radius 3 is 2.92 bits per heavy atom. The van der Waals surface area contributed by atoms with Gasteiger partial charge in [0.05, 0.1) is 5.70 Å². The van der Waals surface area contributed by atoms with Crippen LogP contribution in [0.2, 0.25) is 0 Å². The van der Waals surface area contributed by atoms with Gasteiger partial charge in [-0.15, -0.1) is 0 Å². The number of amides is 1. The van der Waals surface area contributed by atoms with E-state index in [0.29, 0.717) is 12.1 Å². The van der Waals surface area contributed by atoms with Crippen molar-refractivity contribution < 1.29 is 4.79 Å². The second-order valence-corrected chi connectivity index (χ2v) is 2.05. The summed E-state index contributed by atoms with van der Waals surface area (Å²) in [7, 11) is 0. The Morgan fingerprint density at radius 2 is 2.42 bits per heavy atom. The summed E-state index contributed by atoms with van der Waals surface area (Å²) in [6.07, 6.45) is 4.56. The molecule has 66 valence electrons. The van der Waals surface area contributed by atoms with Crippen LogP contribution in [-0.4, -0.2) is 12.1 Å². The molecule has 3 N–H and O–H groups in total. The molecular weight excluding hydrogens is 154 g/mol. The maximum atomic E-state index is 10.8. The van der Waals surface area contributed by atoms with Crippen molar-refractivity contribution in [2.24, 2.45) is 10.7 Å². The SMILES string of the molecule is C=C(C=N/C=C\N)NC(=O)CC. The van der Waals surface area contributed by atoms with Crippen molar-refractivity contribution in [3.8, 4) is 0 Å². The normalized spacial score (nSPS) is 10.8. The molecule has 4 nitrogen and oxygen atoms in total. The molecule has 0 fully saturated rings. The van der Waals surface area contributed by atoms with Crippen LogP contribution in [0.5, 0.6) is 0 Å². The number of carbonyl (C=O) groups is 1. The van der Waals surface area contributed by atoms with Crippen molar-refractivity contribution in [1.82, 2.24) is 5.32 Å². The maximum absolute atomic E-state index is 10.8. The molecule has 1 amide bonds. The first-order valence-corrected chi connectivity index (χ1v) is 3.59. The molecule has 0 unspecified atom stereocenters. The zero-order valence-electron chi connectivity index (χ0n) is 7.08. The number of allylic oxidation sites excluding steroid dienone is 1. The van der Waals surface area contributed by atoms with E-state index in [1.54, 1.807) is 6.92 Å². The highest BCUT2D eigenvalue weighted by Gasteiger charge is 1.95. The smallest absolute Gasteiger partial charge is 0.224 e. The Hall–Kier alpha value is -1.58. The van der Waals surface area contributed by atoms with Crippen LogP contribution in [-0.2, 0) is 4.79 Å². The number of hydrogen-bond acceptors (Lipinski definition) is 3. The van der Waals surface area contributed by atoms with Crippen molar-refractivity contribution in [3.63, 3.8) is 0 Å². The summed E-state index contributed by atoms with van der Waals surface area (Å²) in [6, 6.07) is 0. The van der Waals surface area contributed by atoms with Crippen LogP contribution in [0.4, 0.5) is 0 Å². The van der Waals surface area contributed by atoms with Gasteiger partial charge in [0.1, 0.15) is 0 Å². The number of carbonyl (C=O) groups excluding carboxylic acids is 1. The number of nitrogens with one attached hydrogen (secondary N) is 1. The first kappa shape index (κ1) is 10.4. The van der Waals surface area contributed by atoms with Crippen LogP contribution < -0.4 is 11.1 Å². The van der Waals surface area contributed by atoms with Gasteiger partial charge in [0, 0.05) is 25.0 Å². The number of nitrogens with zero attached hydrogens (tertiary/aromatic N) is 1. The predicted octanol–water partition coefficient (Wildman–Crippen LogP) is 0.527. The van der Waals surface area contributed by atoms with E-state index in [0.717, 1.165) is 0 Å². The van der Waals surface area contributed by atoms with Crippen molar-refractivity contribution in [2.75, 3.05) is 0 Å². The van der Waals surface area contributed by atoms with E-state index in [2.05, 4.69) is 16.9 Å². The lowest BCUT2D eigenvalue weighted by atomic mass is 10.4. The highest BCUT2D eigenvalue weighted by molar-refractivity contribution is 5.87. The minimum absolute atomic E-state index is 0.0804. The van der Waals surface area contributed by atoms with Gasteiger partial charge in [0.25, 0.3) is 0 Å². The van der Waals surface area contributed by atoms with E-state index in [4.69, 9.17) is 5.73 Å². The molecule has 0 aromatic carbocycles. The standard InChI is InChI=1S/C8H13N3O/c1-3-8(12)11-7(2)6-10-5-4-9/h4-6H,2-3,9H2,1H3,(H,11,12)/b5-4-,10-6?. The minimum atomic E-state index is -0.0804. The number of hydrogen-bond donors (Lipinski definition) is 2. The van der Waals surface area contributed by atoms with Crippen molar-refractivity contribution in [2.45, 2.75) is 13.3 Å². The van der Waals surface area contributed by atoms with E-state index in [1.807, 2.05) is 0 Å². The fraction of sp³-hybridized carbons (Fsp3) is 0.250. The first-order valence-electron chi connectivity index (χ1n) is 3.59. The van der Waals surface area contributed by atoms with Crippen molar-refractivity contribution >= 4 is 12.1 Å². The molecule has 0 saturated carbocycles. The molecule has 0 aliphatic heterocycles. The Bertz CT molecular complexity index is 218. The summed E-state index contributed by atoms with van der Waals surface area (Å²) < 4.78 is 0. The molecule has 0 aliphatic carbocycles.